The van der Waals surface area contributed by atoms with Crippen molar-refractivity contribution in [2.24, 2.45) is 21.9 Å². The van der Waals surface area contributed by atoms with Gasteiger partial charge in [0.25, 0.3) is 0 Å². The zero-order valence-corrected chi connectivity index (χ0v) is 45.3. The zero-order valence-electron chi connectivity index (χ0n) is 42.8. The number of phenolic OH excluding ortho intramolecular Hbond substituents is 1. The number of amides is 1. The summed E-state index contributed by atoms with van der Waals surface area (Å²) in [7, 11) is -12.7. The van der Waals surface area contributed by atoms with Crippen LogP contribution in [0.4, 0.5) is 17.1 Å². The molecule has 1 aliphatic rings. The lowest BCUT2D eigenvalue weighted by Gasteiger charge is -2.44. The van der Waals surface area contributed by atoms with E-state index in [0.717, 1.165) is 36.5 Å². The minimum Gasteiger partial charge on any atom is -0.507 e. The molecule has 6 rings (SSSR count). The van der Waals surface area contributed by atoms with Gasteiger partial charge in [-0.2, -0.15) is 9.84 Å². The predicted octanol–water partition coefficient (Wildman–Crippen LogP) is 10.6. The molecular formula is C53H68N6O10S3. The molecule has 0 saturated heterocycles. The number of nitrogens with two attached hydrogens (primary N) is 1. The average Bonchev–Trinajstić information content (AvgIpc) is 3.29. The van der Waals surface area contributed by atoms with Crippen LogP contribution in [0.3, 0.4) is 0 Å². The molecule has 0 radical (unpaired) electrons. The fraction of sp³-hybridized carbons (Fsp3) is 0.415. The highest BCUT2D eigenvalue weighted by molar-refractivity contribution is 7.92. The Morgan fingerprint density at radius 3 is 2.06 bits per heavy atom. The van der Waals surface area contributed by atoms with E-state index in [1.807, 2.05) is 6.07 Å². The molecule has 0 aliphatic heterocycles. The van der Waals surface area contributed by atoms with Crippen LogP contribution in [0.1, 0.15) is 124 Å². The molecule has 16 nitrogen and oxygen atoms in total. The zero-order chi connectivity index (χ0) is 53.4. The van der Waals surface area contributed by atoms with Crippen molar-refractivity contribution in [3.63, 3.8) is 0 Å². The number of carbonyl (C=O) groups excluding carboxylic acids is 1. The van der Waals surface area contributed by atoms with Gasteiger partial charge in [0.1, 0.15) is 22.2 Å². The number of phenols is 1. The van der Waals surface area contributed by atoms with E-state index >= 15 is 0 Å². The molecule has 0 spiro atoms. The second kappa shape index (κ2) is 20.6. The summed E-state index contributed by atoms with van der Waals surface area (Å²) >= 11 is 0. The standard InChI is InChI=1S/C53H68N6O10S3/c1-12-51(7,8)34-23-28-43(40(31-34)52(9,10)13-2)69-30-17-16-29-53(33(3)45(49(54)62)48(61)37-19-14-15-21-39(37)53)59-71(65,66)36-26-24-35(25-27-36)55-56-42-32-44(72(67,68)58-50(4,5)6)47(60)38-20-18-22-41(46(38)42)57-70(11,63)64/h14-15,18-28,31-33,57-61H,12-13,16-17,29-30H2,1-11H3,(H2,54,62). The van der Waals surface area contributed by atoms with E-state index in [1.54, 1.807) is 52.0 Å². The summed E-state index contributed by atoms with van der Waals surface area (Å²) in [6.45, 7) is 20.0. The molecule has 0 aromatic heterocycles. The van der Waals surface area contributed by atoms with E-state index in [1.165, 1.54) is 48.0 Å². The summed E-state index contributed by atoms with van der Waals surface area (Å²) in [5, 5.41) is 31.3. The molecular weight excluding hydrogens is 977 g/mol. The van der Waals surface area contributed by atoms with Gasteiger partial charge in [-0.3, -0.25) is 9.52 Å². The van der Waals surface area contributed by atoms with Crippen molar-refractivity contribution in [2.45, 2.75) is 133 Å². The number of rotatable bonds is 20. The van der Waals surface area contributed by atoms with Crippen LogP contribution in [0.5, 0.6) is 11.5 Å². The number of unbranched alkanes of at least 4 members (excludes halogenated alkanes) is 1. The third-order valence-corrected chi connectivity index (χ3v) is 17.6. The Morgan fingerprint density at radius 1 is 0.792 bits per heavy atom. The van der Waals surface area contributed by atoms with Crippen LogP contribution in [-0.4, -0.2) is 59.8 Å². The van der Waals surface area contributed by atoms with Gasteiger partial charge in [0.05, 0.1) is 45.9 Å². The number of azo groups is 1. The highest BCUT2D eigenvalue weighted by Gasteiger charge is 2.49. The van der Waals surface area contributed by atoms with Crippen LogP contribution in [0.25, 0.3) is 16.5 Å². The van der Waals surface area contributed by atoms with Crippen molar-refractivity contribution >= 4 is 69.6 Å². The first-order chi connectivity index (χ1) is 33.4. The lowest BCUT2D eigenvalue weighted by molar-refractivity contribution is -0.115. The number of nitrogens with zero attached hydrogens (tertiary/aromatic N) is 2. The summed E-state index contributed by atoms with van der Waals surface area (Å²) in [6, 6.07) is 23.8. The number of anilines is 1. The van der Waals surface area contributed by atoms with E-state index in [2.05, 4.69) is 78.1 Å². The number of aromatic hydroxyl groups is 1. The molecule has 2 atom stereocenters. The lowest BCUT2D eigenvalue weighted by atomic mass is 9.67. The van der Waals surface area contributed by atoms with Gasteiger partial charge in [0.15, 0.2) is 0 Å². The van der Waals surface area contributed by atoms with Gasteiger partial charge in [0, 0.05) is 33.4 Å². The number of aliphatic hydroxyl groups excluding tert-OH is 1. The summed E-state index contributed by atoms with van der Waals surface area (Å²) in [5.41, 5.74) is 6.26. The number of carbonyl (C=O) groups is 1. The van der Waals surface area contributed by atoms with Gasteiger partial charge in [-0.1, -0.05) is 97.0 Å². The normalized spacial score (nSPS) is 17.1. The minimum absolute atomic E-state index is 0.00595. The van der Waals surface area contributed by atoms with Crippen molar-refractivity contribution < 1.29 is 45.0 Å². The number of hydrogen-bond acceptors (Lipinski definition) is 12. The maximum Gasteiger partial charge on any atom is 0.248 e. The van der Waals surface area contributed by atoms with E-state index in [4.69, 9.17) is 10.5 Å². The molecule has 19 heteroatoms. The molecule has 72 heavy (non-hydrogen) atoms. The number of ether oxygens (including phenoxy) is 1. The number of benzene rings is 5. The predicted molar refractivity (Wildman–Crippen MR) is 284 cm³/mol. The van der Waals surface area contributed by atoms with Crippen molar-refractivity contribution in [1.82, 2.24) is 9.44 Å². The lowest BCUT2D eigenvalue weighted by Crippen LogP contribution is -2.54. The van der Waals surface area contributed by atoms with Crippen molar-refractivity contribution in [3.05, 3.63) is 119 Å². The van der Waals surface area contributed by atoms with Gasteiger partial charge >= 0.3 is 0 Å². The highest BCUT2D eigenvalue weighted by atomic mass is 32.2. The van der Waals surface area contributed by atoms with E-state index in [-0.39, 0.29) is 66.9 Å². The molecule has 5 aromatic rings. The third kappa shape index (κ3) is 11.8. The van der Waals surface area contributed by atoms with Crippen LogP contribution in [0.2, 0.25) is 0 Å². The molecule has 0 heterocycles. The topological polar surface area (TPSA) is 256 Å². The number of hydrogen-bond donors (Lipinski definition) is 6. The summed E-state index contributed by atoms with van der Waals surface area (Å²) in [5.74, 6) is -2.01. The van der Waals surface area contributed by atoms with E-state index < -0.39 is 63.6 Å². The first-order valence-corrected chi connectivity index (χ1v) is 28.7. The van der Waals surface area contributed by atoms with Gasteiger partial charge in [-0.05, 0) is 117 Å². The minimum atomic E-state index is -4.44. The number of fused-ring (bicyclic) bond motifs is 2. The molecule has 1 aliphatic carbocycles. The molecule has 388 valence electrons. The number of aliphatic hydroxyl groups is 1. The van der Waals surface area contributed by atoms with Crippen LogP contribution in [-0.2, 0) is 51.2 Å². The maximum absolute atomic E-state index is 14.7. The Balaban J connectivity index is 1.34. The van der Waals surface area contributed by atoms with Crippen molar-refractivity contribution in [3.8, 4) is 11.5 Å². The van der Waals surface area contributed by atoms with Crippen molar-refractivity contribution in [2.75, 3.05) is 17.6 Å². The number of sulfonamides is 3. The Kier molecular flexibility index (Phi) is 15.8. The van der Waals surface area contributed by atoms with Gasteiger partial charge in [0.2, 0.25) is 36.0 Å². The molecule has 7 N–H and O–H groups in total. The molecule has 2 unspecified atom stereocenters. The Morgan fingerprint density at radius 2 is 1.44 bits per heavy atom. The second-order valence-electron chi connectivity index (χ2n) is 20.9. The highest BCUT2D eigenvalue weighted by Crippen LogP contribution is 2.49. The smallest absolute Gasteiger partial charge is 0.248 e. The van der Waals surface area contributed by atoms with Crippen LogP contribution in [0.15, 0.2) is 117 Å². The summed E-state index contributed by atoms with van der Waals surface area (Å²) in [4.78, 5) is 12.4. The largest absolute Gasteiger partial charge is 0.507 e. The molecule has 0 fully saturated rings. The maximum atomic E-state index is 14.7. The first kappa shape index (κ1) is 55.5. The Hall–Kier alpha value is -5.86. The molecule has 5 aromatic carbocycles. The van der Waals surface area contributed by atoms with E-state index in [0.29, 0.717) is 25.0 Å². The van der Waals surface area contributed by atoms with E-state index in [9.17, 15) is 40.3 Å². The SMILES string of the molecule is CCC(C)(C)c1ccc(OCCCCC2(NS(=O)(=O)c3ccc(N=Nc4cc(S(=O)(=O)NC(C)(C)C)c(O)c5cccc(NS(C)(=O)=O)c45)cc3)c3ccccc3C(O)=C(C(N)=O)C2C)c(C(C)(C)CC)c1. The second-order valence-corrected chi connectivity index (χ2v) is 25.9. The first-order valence-electron chi connectivity index (χ1n) is 23.8. The van der Waals surface area contributed by atoms with Crippen LogP contribution in [0, 0.1) is 5.92 Å². The van der Waals surface area contributed by atoms with Gasteiger partial charge < -0.3 is 20.7 Å². The number of primary amides is 1. The molecule has 1 amide bonds. The quantitative estimate of drug-likeness (QED) is 0.0317. The fourth-order valence-electron chi connectivity index (χ4n) is 9.02. The van der Waals surface area contributed by atoms with Crippen LogP contribution >= 0.6 is 0 Å². The summed E-state index contributed by atoms with van der Waals surface area (Å²) < 4.78 is 95.7. The fourth-order valence-corrected chi connectivity index (χ4v) is 12.6. The van der Waals surface area contributed by atoms with Gasteiger partial charge in [-0.25, -0.2) is 30.0 Å². The summed E-state index contributed by atoms with van der Waals surface area (Å²) in [6.07, 6.45) is 3.93. The molecule has 0 bridgehead atoms. The Labute approximate surface area is 424 Å². The monoisotopic (exact) mass is 1040 g/mol. The van der Waals surface area contributed by atoms with Gasteiger partial charge in [-0.15, -0.1) is 5.11 Å². The van der Waals surface area contributed by atoms with Crippen molar-refractivity contribution in [1.29, 1.82) is 0 Å². The number of nitrogens with one attached hydrogen (secondary N) is 3. The third-order valence-electron chi connectivity index (χ3n) is 13.7. The molecule has 0 saturated carbocycles. The van der Waals surface area contributed by atoms with Crippen LogP contribution < -0.4 is 24.6 Å². The average molecular weight is 1050 g/mol. The Bertz CT molecular complexity index is 3290.